The van der Waals surface area contributed by atoms with Crippen molar-refractivity contribution < 1.29 is 4.39 Å². The summed E-state index contributed by atoms with van der Waals surface area (Å²) in [6, 6.07) is 6.35. The zero-order valence-electron chi connectivity index (χ0n) is 10.7. The van der Waals surface area contributed by atoms with Crippen LogP contribution in [0, 0.1) is 12.7 Å². The Morgan fingerprint density at radius 2 is 1.94 bits per heavy atom. The summed E-state index contributed by atoms with van der Waals surface area (Å²) < 4.78 is 13.3. The fourth-order valence-corrected chi connectivity index (χ4v) is 1.73. The van der Waals surface area contributed by atoms with E-state index in [0.29, 0.717) is 17.3 Å². The standard InChI is InChI=1S/C14H16FN3/c1-8(2)14-17-12(9(3)13(16)18-14)10-5-4-6-11(15)7-10/h4-8H,1-3H3,(H2,16,17,18). The number of nitrogens with two attached hydrogens (primary N) is 1. The van der Waals surface area contributed by atoms with E-state index >= 15 is 0 Å². The van der Waals surface area contributed by atoms with Gasteiger partial charge in [0.2, 0.25) is 0 Å². The fourth-order valence-electron chi connectivity index (χ4n) is 1.73. The van der Waals surface area contributed by atoms with Crippen LogP contribution in [0.3, 0.4) is 0 Å². The van der Waals surface area contributed by atoms with Crippen LogP contribution in [0.5, 0.6) is 0 Å². The normalized spacial score (nSPS) is 10.9. The van der Waals surface area contributed by atoms with Crippen LogP contribution in [-0.4, -0.2) is 9.97 Å². The fraction of sp³-hybridized carbons (Fsp3) is 0.286. The number of aromatic nitrogens is 2. The molecule has 0 aliphatic heterocycles. The monoisotopic (exact) mass is 245 g/mol. The summed E-state index contributed by atoms with van der Waals surface area (Å²) in [6.45, 7) is 5.85. The minimum absolute atomic E-state index is 0.181. The van der Waals surface area contributed by atoms with Gasteiger partial charge in [0.05, 0.1) is 5.69 Å². The Morgan fingerprint density at radius 3 is 2.56 bits per heavy atom. The van der Waals surface area contributed by atoms with Crippen LogP contribution in [0.15, 0.2) is 24.3 Å². The van der Waals surface area contributed by atoms with Crippen molar-refractivity contribution in [1.82, 2.24) is 9.97 Å². The maximum Gasteiger partial charge on any atom is 0.133 e. The highest BCUT2D eigenvalue weighted by Crippen LogP contribution is 2.26. The Hall–Kier alpha value is -1.97. The summed E-state index contributed by atoms with van der Waals surface area (Å²) in [5.41, 5.74) is 8.10. The van der Waals surface area contributed by atoms with Crippen LogP contribution in [-0.2, 0) is 0 Å². The molecule has 0 bridgehead atoms. The van der Waals surface area contributed by atoms with Gasteiger partial charge in [-0.3, -0.25) is 0 Å². The second-order valence-electron chi connectivity index (χ2n) is 4.61. The molecule has 0 unspecified atom stereocenters. The van der Waals surface area contributed by atoms with E-state index in [2.05, 4.69) is 9.97 Å². The predicted octanol–water partition coefficient (Wildman–Crippen LogP) is 3.30. The molecule has 0 saturated heterocycles. The quantitative estimate of drug-likeness (QED) is 0.883. The van der Waals surface area contributed by atoms with E-state index in [4.69, 9.17) is 5.73 Å². The van der Waals surface area contributed by atoms with E-state index < -0.39 is 0 Å². The SMILES string of the molecule is Cc1c(N)nc(C(C)C)nc1-c1cccc(F)c1. The van der Waals surface area contributed by atoms with Crippen LogP contribution in [0.25, 0.3) is 11.3 Å². The lowest BCUT2D eigenvalue weighted by molar-refractivity contribution is 0.628. The van der Waals surface area contributed by atoms with Crippen molar-refractivity contribution in [2.45, 2.75) is 26.7 Å². The van der Waals surface area contributed by atoms with Crippen LogP contribution < -0.4 is 5.73 Å². The molecule has 0 atom stereocenters. The van der Waals surface area contributed by atoms with Gasteiger partial charge in [0, 0.05) is 17.0 Å². The summed E-state index contributed by atoms with van der Waals surface area (Å²) >= 11 is 0. The molecule has 0 radical (unpaired) electrons. The molecule has 94 valence electrons. The van der Waals surface area contributed by atoms with Gasteiger partial charge in [0.15, 0.2) is 0 Å². The van der Waals surface area contributed by atoms with E-state index in [0.717, 1.165) is 11.1 Å². The van der Waals surface area contributed by atoms with Crippen molar-refractivity contribution in [2.75, 3.05) is 5.73 Å². The van der Waals surface area contributed by atoms with E-state index in [9.17, 15) is 4.39 Å². The van der Waals surface area contributed by atoms with Crippen molar-refractivity contribution in [3.8, 4) is 11.3 Å². The molecule has 4 heteroatoms. The molecule has 0 saturated carbocycles. The van der Waals surface area contributed by atoms with E-state index in [-0.39, 0.29) is 11.7 Å². The molecule has 2 rings (SSSR count). The van der Waals surface area contributed by atoms with Gasteiger partial charge in [-0.25, -0.2) is 14.4 Å². The van der Waals surface area contributed by atoms with E-state index in [1.807, 2.05) is 26.8 Å². The smallest absolute Gasteiger partial charge is 0.133 e. The second-order valence-corrected chi connectivity index (χ2v) is 4.61. The molecule has 1 aromatic carbocycles. The maximum absolute atomic E-state index is 13.3. The van der Waals surface area contributed by atoms with Crippen LogP contribution in [0.1, 0.15) is 31.2 Å². The lowest BCUT2D eigenvalue weighted by Crippen LogP contribution is -2.06. The molecule has 2 aromatic rings. The molecular weight excluding hydrogens is 229 g/mol. The minimum Gasteiger partial charge on any atom is -0.383 e. The maximum atomic E-state index is 13.3. The summed E-state index contributed by atoms with van der Waals surface area (Å²) in [5.74, 6) is 1.03. The largest absolute Gasteiger partial charge is 0.383 e. The molecule has 0 aliphatic carbocycles. The molecule has 2 N–H and O–H groups in total. The van der Waals surface area contributed by atoms with Crippen molar-refractivity contribution >= 4 is 5.82 Å². The van der Waals surface area contributed by atoms with Gasteiger partial charge in [-0.1, -0.05) is 26.0 Å². The molecular formula is C14H16FN3. The third-order valence-electron chi connectivity index (χ3n) is 2.82. The van der Waals surface area contributed by atoms with Crippen molar-refractivity contribution in [3.05, 3.63) is 41.5 Å². The number of anilines is 1. The average molecular weight is 245 g/mol. The first-order valence-corrected chi connectivity index (χ1v) is 5.89. The summed E-state index contributed by atoms with van der Waals surface area (Å²) in [7, 11) is 0. The first-order chi connectivity index (χ1) is 8.49. The highest BCUT2D eigenvalue weighted by molar-refractivity contribution is 5.67. The third kappa shape index (κ3) is 2.32. The highest BCUT2D eigenvalue weighted by atomic mass is 19.1. The van der Waals surface area contributed by atoms with Gasteiger partial charge in [-0.15, -0.1) is 0 Å². The van der Waals surface area contributed by atoms with Crippen LogP contribution in [0.4, 0.5) is 10.2 Å². The Kier molecular flexibility index (Phi) is 3.28. The van der Waals surface area contributed by atoms with Crippen molar-refractivity contribution in [2.24, 2.45) is 0 Å². The third-order valence-corrected chi connectivity index (χ3v) is 2.82. The van der Waals surface area contributed by atoms with Gasteiger partial charge >= 0.3 is 0 Å². The minimum atomic E-state index is -0.282. The molecule has 0 amide bonds. The summed E-state index contributed by atoms with van der Waals surface area (Å²) in [5, 5.41) is 0. The van der Waals surface area contributed by atoms with Crippen molar-refractivity contribution in [1.29, 1.82) is 0 Å². The van der Waals surface area contributed by atoms with Gasteiger partial charge in [0.25, 0.3) is 0 Å². The van der Waals surface area contributed by atoms with Gasteiger partial charge < -0.3 is 5.73 Å². The molecule has 18 heavy (non-hydrogen) atoms. The lowest BCUT2D eigenvalue weighted by Gasteiger charge is -2.12. The lowest BCUT2D eigenvalue weighted by atomic mass is 10.1. The summed E-state index contributed by atoms with van der Waals surface area (Å²) in [4.78, 5) is 8.74. The first kappa shape index (κ1) is 12.5. The number of hydrogen-bond donors (Lipinski definition) is 1. The topological polar surface area (TPSA) is 51.8 Å². The highest BCUT2D eigenvalue weighted by Gasteiger charge is 2.13. The Balaban J connectivity index is 2.63. The number of hydrogen-bond acceptors (Lipinski definition) is 3. The number of nitrogen functional groups attached to an aromatic ring is 1. The Morgan fingerprint density at radius 1 is 1.22 bits per heavy atom. The van der Waals surface area contributed by atoms with Crippen LogP contribution in [0.2, 0.25) is 0 Å². The Bertz CT molecular complexity index is 579. The Labute approximate surface area is 106 Å². The van der Waals surface area contributed by atoms with Gasteiger partial charge in [0.1, 0.15) is 17.5 Å². The van der Waals surface area contributed by atoms with E-state index in [1.165, 1.54) is 12.1 Å². The average Bonchev–Trinajstić information content (AvgIpc) is 2.32. The molecule has 3 nitrogen and oxygen atoms in total. The van der Waals surface area contributed by atoms with E-state index in [1.54, 1.807) is 6.07 Å². The number of rotatable bonds is 2. The van der Waals surface area contributed by atoms with Gasteiger partial charge in [-0.05, 0) is 19.1 Å². The molecule has 0 fully saturated rings. The summed E-state index contributed by atoms with van der Waals surface area (Å²) in [6.07, 6.45) is 0. The molecule has 0 spiro atoms. The van der Waals surface area contributed by atoms with Crippen molar-refractivity contribution in [3.63, 3.8) is 0 Å². The number of benzene rings is 1. The number of nitrogens with zero attached hydrogens (tertiary/aromatic N) is 2. The zero-order valence-corrected chi connectivity index (χ0v) is 10.7. The van der Waals surface area contributed by atoms with Gasteiger partial charge in [-0.2, -0.15) is 0 Å². The first-order valence-electron chi connectivity index (χ1n) is 5.89. The zero-order chi connectivity index (χ0) is 13.3. The second kappa shape index (κ2) is 4.72. The number of halogens is 1. The molecule has 1 aromatic heterocycles. The molecule has 0 aliphatic rings. The van der Waals surface area contributed by atoms with Crippen LogP contribution >= 0.6 is 0 Å². The molecule has 1 heterocycles. The predicted molar refractivity (Wildman–Crippen MR) is 70.7 cm³/mol.